The van der Waals surface area contributed by atoms with Gasteiger partial charge in [-0.05, 0) is 17.2 Å². The fourth-order valence-corrected chi connectivity index (χ4v) is 2.26. The first-order valence-electron chi connectivity index (χ1n) is 7.97. The van der Waals surface area contributed by atoms with Crippen LogP contribution in [-0.4, -0.2) is 38.3 Å². The Morgan fingerprint density at radius 1 is 1.12 bits per heavy atom. The van der Waals surface area contributed by atoms with Gasteiger partial charge < -0.3 is 20.1 Å². The Balaban J connectivity index is 1.79. The molecule has 2 N–H and O–H groups in total. The summed E-state index contributed by atoms with van der Waals surface area (Å²) in [4.78, 5) is 8.47. The van der Waals surface area contributed by atoms with Crippen molar-refractivity contribution in [1.29, 1.82) is 0 Å². The molecule has 0 spiro atoms. The normalized spacial score (nSPS) is 11.2. The van der Waals surface area contributed by atoms with Crippen LogP contribution in [-0.2, 0) is 17.8 Å². The Morgan fingerprint density at radius 3 is 2.60 bits per heavy atom. The Labute approximate surface area is 153 Å². The van der Waals surface area contributed by atoms with Crippen molar-refractivity contribution in [3.63, 3.8) is 0 Å². The lowest BCUT2D eigenvalue weighted by Crippen LogP contribution is -2.36. The maximum absolute atomic E-state index is 6.16. The van der Waals surface area contributed by atoms with Crippen molar-refractivity contribution in [1.82, 2.24) is 15.6 Å². The van der Waals surface area contributed by atoms with Crippen molar-refractivity contribution in [3.8, 4) is 5.88 Å². The van der Waals surface area contributed by atoms with Crippen LogP contribution in [0.3, 0.4) is 0 Å². The molecule has 0 aliphatic rings. The van der Waals surface area contributed by atoms with Gasteiger partial charge in [0.05, 0.1) is 6.61 Å². The predicted octanol–water partition coefficient (Wildman–Crippen LogP) is 2.63. The Bertz CT molecular complexity index is 677. The van der Waals surface area contributed by atoms with E-state index in [1.807, 2.05) is 36.4 Å². The third kappa shape index (κ3) is 6.60. The molecule has 7 heteroatoms. The third-order valence-corrected chi connectivity index (χ3v) is 3.79. The molecular formula is C18H23ClN4O2. The van der Waals surface area contributed by atoms with E-state index in [0.717, 1.165) is 16.1 Å². The molecule has 2 rings (SSSR count). The zero-order chi connectivity index (χ0) is 17.9. The van der Waals surface area contributed by atoms with E-state index in [4.69, 9.17) is 21.1 Å². The molecule has 0 aliphatic heterocycles. The molecule has 2 aromatic rings. The molecule has 25 heavy (non-hydrogen) atoms. The van der Waals surface area contributed by atoms with E-state index < -0.39 is 0 Å². The van der Waals surface area contributed by atoms with Gasteiger partial charge in [-0.1, -0.05) is 35.9 Å². The highest BCUT2D eigenvalue weighted by Gasteiger charge is 2.03. The molecule has 0 fully saturated rings. The molecule has 0 saturated carbocycles. The number of methoxy groups -OCH3 is 1. The molecule has 1 aromatic carbocycles. The van der Waals surface area contributed by atoms with E-state index in [2.05, 4.69) is 20.6 Å². The molecule has 6 nitrogen and oxygen atoms in total. The van der Waals surface area contributed by atoms with Gasteiger partial charge in [0.2, 0.25) is 5.88 Å². The largest absolute Gasteiger partial charge is 0.475 e. The number of pyridine rings is 1. The van der Waals surface area contributed by atoms with Crippen molar-refractivity contribution in [3.05, 3.63) is 58.7 Å². The Morgan fingerprint density at radius 2 is 1.92 bits per heavy atom. The number of hydrogen-bond donors (Lipinski definition) is 2. The summed E-state index contributed by atoms with van der Waals surface area (Å²) in [6.07, 6.45) is 1.77. The second-order valence-electron chi connectivity index (χ2n) is 5.22. The molecule has 134 valence electrons. The number of ether oxygens (including phenoxy) is 2. The number of hydrogen-bond acceptors (Lipinski definition) is 4. The predicted molar refractivity (Wildman–Crippen MR) is 100 cm³/mol. The maximum atomic E-state index is 6.16. The van der Waals surface area contributed by atoms with Crippen LogP contribution in [0.15, 0.2) is 47.6 Å². The van der Waals surface area contributed by atoms with Crippen molar-refractivity contribution in [2.24, 2.45) is 4.99 Å². The average Bonchev–Trinajstić information content (AvgIpc) is 2.64. The van der Waals surface area contributed by atoms with Crippen molar-refractivity contribution < 1.29 is 9.47 Å². The van der Waals surface area contributed by atoms with E-state index in [1.54, 1.807) is 20.4 Å². The third-order valence-electron chi connectivity index (χ3n) is 3.42. The molecule has 0 aliphatic carbocycles. The van der Waals surface area contributed by atoms with Gasteiger partial charge in [0, 0.05) is 44.5 Å². The van der Waals surface area contributed by atoms with Gasteiger partial charge in [-0.2, -0.15) is 0 Å². The van der Waals surface area contributed by atoms with Gasteiger partial charge in [-0.15, -0.1) is 0 Å². The van der Waals surface area contributed by atoms with Gasteiger partial charge in [-0.3, -0.25) is 4.99 Å². The lowest BCUT2D eigenvalue weighted by molar-refractivity contribution is 0.143. The first-order chi connectivity index (χ1) is 12.2. The van der Waals surface area contributed by atoms with Crippen LogP contribution in [0, 0.1) is 0 Å². The molecule has 1 aromatic heterocycles. The van der Waals surface area contributed by atoms with E-state index in [9.17, 15) is 0 Å². The highest BCUT2D eigenvalue weighted by atomic mass is 35.5. The van der Waals surface area contributed by atoms with Crippen LogP contribution >= 0.6 is 11.6 Å². The van der Waals surface area contributed by atoms with Crippen LogP contribution in [0.1, 0.15) is 11.1 Å². The minimum absolute atomic E-state index is 0.486. The first-order valence-corrected chi connectivity index (χ1v) is 8.35. The van der Waals surface area contributed by atoms with E-state index in [-0.39, 0.29) is 0 Å². The summed E-state index contributed by atoms with van der Waals surface area (Å²) in [5.41, 5.74) is 2.05. The number of nitrogens with one attached hydrogen (secondary N) is 2. The number of rotatable bonds is 8. The standard InChI is InChI=1S/C18H23ClN4O2/c1-20-18(23-13-15-5-3-4-6-16(15)19)22-12-14-7-8-17(21-11-14)25-10-9-24-2/h3-8,11H,9-10,12-13H2,1-2H3,(H2,20,22,23). The fraction of sp³-hybridized carbons (Fsp3) is 0.333. The SMILES string of the molecule is CN=C(NCc1ccc(OCCOC)nc1)NCc1ccccc1Cl. The van der Waals surface area contributed by atoms with Gasteiger partial charge in [-0.25, -0.2) is 4.98 Å². The Hall–Kier alpha value is -2.31. The number of guanidine groups is 1. The van der Waals surface area contributed by atoms with Gasteiger partial charge >= 0.3 is 0 Å². The highest BCUT2D eigenvalue weighted by Crippen LogP contribution is 2.14. The molecule has 0 bridgehead atoms. The second kappa shape index (κ2) is 10.5. The lowest BCUT2D eigenvalue weighted by atomic mass is 10.2. The minimum Gasteiger partial charge on any atom is -0.475 e. The molecule has 0 unspecified atom stereocenters. The topological polar surface area (TPSA) is 67.8 Å². The number of aromatic nitrogens is 1. The van der Waals surface area contributed by atoms with Gasteiger partial charge in [0.25, 0.3) is 0 Å². The minimum atomic E-state index is 0.486. The number of aliphatic imine (C=N–C) groups is 1. The highest BCUT2D eigenvalue weighted by molar-refractivity contribution is 6.31. The van der Waals surface area contributed by atoms with Crippen molar-refractivity contribution in [2.75, 3.05) is 27.4 Å². The van der Waals surface area contributed by atoms with Crippen molar-refractivity contribution >= 4 is 17.6 Å². The number of halogens is 1. The summed E-state index contributed by atoms with van der Waals surface area (Å²) in [6, 6.07) is 11.5. The van der Waals surface area contributed by atoms with Crippen molar-refractivity contribution in [2.45, 2.75) is 13.1 Å². The lowest BCUT2D eigenvalue weighted by Gasteiger charge is -2.13. The summed E-state index contributed by atoms with van der Waals surface area (Å²) in [5.74, 6) is 1.28. The summed E-state index contributed by atoms with van der Waals surface area (Å²) in [7, 11) is 3.37. The van der Waals surface area contributed by atoms with E-state index in [0.29, 0.717) is 38.1 Å². The van der Waals surface area contributed by atoms with E-state index in [1.165, 1.54) is 0 Å². The zero-order valence-electron chi connectivity index (χ0n) is 14.5. The average molecular weight is 363 g/mol. The van der Waals surface area contributed by atoms with E-state index >= 15 is 0 Å². The van der Waals surface area contributed by atoms with Gasteiger partial charge in [0.1, 0.15) is 6.61 Å². The molecule has 1 heterocycles. The summed E-state index contributed by atoms with van der Waals surface area (Å²) in [5, 5.41) is 7.22. The molecular weight excluding hydrogens is 340 g/mol. The number of benzene rings is 1. The second-order valence-corrected chi connectivity index (χ2v) is 5.62. The van der Waals surface area contributed by atoms with Crippen LogP contribution in [0.2, 0.25) is 5.02 Å². The van der Waals surface area contributed by atoms with Crippen LogP contribution in [0.25, 0.3) is 0 Å². The fourth-order valence-electron chi connectivity index (χ4n) is 2.06. The summed E-state index contributed by atoms with van der Waals surface area (Å²) < 4.78 is 10.4. The Kier molecular flexibility index (Phi) is 8.01. The zero-order valence-corrected chi connectivity index (χ0v) is 15.2. The monoisotopic (exact) mass is 362 g/mol. The maximum Gasteiger partial charge on any atom is 0.213 e. The smallest absolute Gasteiger partial charge is 0.213 e. The number of nitrogens with zero attached hydrogens (tertiary/aromatic N) is 2. The van der Waals surface area contributed by atoms with Crippen LogP contribution < -0.4 is 15.4 Å². The molecule has 0 amide bonds. The van der Waals surface area contributed by atoms with Crippen LogP contribution in [0.5, 0.6) is 5.88 Å². The molecule has 0 saturated heterocycles. The quantitative estimate of drug-likeness (QED) is 0.429. The van der Waals surface area contributed by atoms with Gasteiger partial charge in [0.15, 0.2) is 5.96 Å². The summed E-state index contributed by atoms with van der Waals surface area (Å²) >= 11 is 6.16. The summed E-state index contributed by atoms with van der Waals surface area (Å²) in [6.45, 7) is 2.23. The van der Waals surface area contributed by atoms with Crippen LogP contribution in [0.4, 0.5) is 0 Å². The first kappa shape index (κ1) is 19.0. The molecule has 0 radical (unpaired) electrons. The molecule has 0 atom stereocenters.